The van der Waals surface area contributed by atoms with Crippen LogP contribution in [0.3, 0.4) is 0 Å². The van der Waals surface area contributed by atoms with Gasteiger partial charge in [0.2, 0.25) is 0 Å². The maximum atomic E-state index is 13.1. The average molecular weight is 470 g/mol. The number of methoxy groups -OCH3 is 2. The minimum Gasteiger partial charge on any atom is -0.493 e. The first-order chi connectivity index (χ1) is 17.0. The summed E-state index contributed by atoms with van der Waals surface area (Å²) in [4.78, 5) is 17.9. The summed E-state index contributed by atoms with van der Waals surface area (Å²) in [6.45, 7) is 3.97. The molecule has 0 fully saturated rings. The van der Waals surface area contributed by atoms with Crippen LogP contribution in [0.5, 0.6) is 17.2 Å². The van der Waals surface area contributed by atoms with Gasteiger partial charge in [0.25, 0.3) is 5.91 Å². The van der Waals surface area contributed by atoms with Gasteiger partial charge in [0.05, 0.1) is 43.3 Å². The second-order valence-corrected chi connectivity index (χ2v) is 8.08. The molecule has 7 heteroatoms. The summed E-state index contributed by atoms with van der Waals surface area (Å²) in [6.07, 6.45) is 1.65. The Labute approximate surface area is 204 Å². The highest BCUT2D eigenvalue weighted by atomic mass is 16.5. The number of hydrazone groups is 1. The molecule has 1 amide bonds. The number of pyridine rings is 1. The summed E-state index contributed by atoms with van der Waals surface area (Å²) in [5.74, 6) is 1.65. The first kappa shape index (κ1) is 23.8. The van der Waals surface area contributed by atoms with Crippen molar-refractivity contribution >= 4 is 23.0 Å². The molecule has 3 aromatic carbocycles. The molecule has 0 aliphatic carbocycles. The fourth-order valence-electron chi connectivity index (χ4n) is 3.65. The molecule has 0 aliphatic heterocycles. The molecule has 0 radical (unpaired) electrons. The molecule has 1 heterocycles. The Kier molecular flexibility index (Phi) is 7.26. The third-order valence-corrected chi connectivity index (χ3v) is 5.27. The predicted molar refractivity (Wildman–Crippen MR) is 138 cm³/mol. The Morgan fingerprint density at radius 1 is 0.943 bits per heavy atom. The highest BCUT2D eigenvalue weighted by Crippen LogP contribution is 2.28. The van der Waals surface area contributed by atoms with Gasteiger partial charge in [0, 0.05) is 10.9 Å². The van der Waals surface area contributed by atoms with Gasteiger partial charge in [0.15, 0.2) is 11.5 Å². The predicted octanol–water partition coefficient (Wildman–Crippen LogP) is 5.47. The van der Waals surface area contributed by atoms with Crippen LogP contribution in [0.4, 0.5) is 0 Å². The molecule has 178 valence electrons. The number of nitrogens with one attached hydrogen (secondary N) is 1. The molecule has 0 saturated carbocycles. The zero-order chi connectivity index (χ0) is 24.8. The number of fused-ring (bicyclic) bond motifs is 1. The molecule has 0 aliphatic rings. The highest BCUT2D eigenvalue weighted by molar-refractivity contribution is 6.07. The van der Waals surface area contributed by atoms with E-state index in [1.807, 2.05) is 68.4 Å². The summed E-state index contributed by atoms with van der Waals surface area (Å²) in [6, 6.07) is 22.4. The lowest BCUT2D eigenvalue weighted by molar-refractivity contribution is 0.0956. The highest BCUT2D eigenvalue weighted by Gasteiger charge is 2.14. The number of para-hydroxylation sites is 1. The third kappa shape index (κ3) is 5.58. The van der Waals surface area contributed by atoms with E-state index < -0.39 is 0 Å². The quantitative estimate of drug-likeness (QED) is 0.273. The topological polar surface area (TPSA) is 82.0 Å². The van der Waals surface area contributed by atoms with Crippen LogP contribution in [0.15, 0.2) is 77.9 Å². The molecule has 1 aromatic heterocycles. The summed E-state index contributed by atoms with van der Waals surface area (Å²) < 4.78 is 16.3. The summed E-state index contributed by atoms with van der Waals surface area (Å²) in [5.41, 5.74) is 6.16. The van der Waals surface area contributed by atoms with Crippen LogP contribution in [0, 0.1) is 0 Å². The third-order valence-electron chi connectivity index (χ3n) is 5.27. The molecule has 0 bridgehead atoms. The Hall–Kier alpha value is -4.39. The van der Waals surface area contributed by atoms with E-state index in [-0.39, 0.29) is 12.0 Å². The van der Waals surface area contributed by atoms with Crippen molar-refractivity contribution < 1.29 is 19.0 Å². The van der Waals surface area contributed by atoms with Crippen molar-refractivity contribution in [3.63, 3.8) is 0 Å². The SMILES string of the molecule is COc1ccc(C=NNC(=O)c2cc(-c3ccc(OC(C)C)cc3)nc3ccccc23)cc1OC. The van der Waals surface area contributed by atoms with Gasteiger partial charge in [-0.15, -0.1) is 0 Å². The normalized spacial score (nSPS) is 11.1. The first-order valence-electron chi connectivity index (χ1n) is 11.2. The molecule has 0 atom stereocenters. The van der Waals surface area contributed by atoms with Crippen LogP contribution >= 0.6 is 0 Å². The van der Waals surface area contributed by atoms with E-state index in [0.29, 0.717) is 22.8 Å². The Morgan fingerprint density at radius 3 is 2.40 bits per heavy atom. The lowest BCUT2D eigenvalue weighted by Crippen LogP contribution is -2.18. The van der Waals surface area contributed by atoms with E-state index >= 15 is 0 Å². The van der Waals surface area contributed by atoms with E-state index in [2.05, 4.69) is 10.5 Å². The molecule has 0 unspecified atom stereocenters. The first-order valence-corrected chi connectivity index (χ1v) is 11.2. The van der Waals surface area contributed by atoms with E-state index in [1.54, 1.807) is 38.6 Å². The van der Waals surface area contributed by atoms with Crippen molar-refractivity contribution in [3.8, 4) is 28.5 Å². The number of amides is 1. The molecular formula is C28H27N3O4. The molecule has 35 heavy (non-hydrogen) atoms. The molecular weight excluding hydrogens is 442 g/mol. The number of hydrogen-bond donors (Lipinski definition) is 1. The fourth-order valence-corrected chi connectivity index (χ4v) is 3.65. The second kappa shape index (κ2) is 10.7. The summed E-state index contributed by atoms with van der Waals surface area (Å²) in [5, 5.41) is 4.88. The molecule has 1 N–H and O–H groups in total. The maximum absolute atomic E-state index is 13.1. The number of hydrogen-bond acceptors (Lipinski definition) is 6. The van der Waals surface area contributed by atoms with Gasteiger partial charge in [0.1, 0.15) is 5.75 Å². The van der Waals surface area contributed by atoms with Gasteiger partial charge in [-0.3, -0.25) is 4.79 Å². The van der Waals surface area contributed by atoms with Crippen molar-refractivity contribution in [3.05, 3.63) is 83.9 Å². The van der Waals surface area contributed by atoms with Crippen molar-refractivity contribution in [2.45, 2.75) is 20.0 Å². The van der Waals surface area contributed by atoms with Crippen LogP contribution in [0.1, 0.15) is 29.8 Å². The minimum absolute atomic E-state index is 0.0921. The van der Waals surface area contributed by atoms with Crippen molar-refractivity contribution in [1.29, 1.82) is 0 Å². The van der Waals surface area contributed by atoms with Gasteiger partial charge in [-0.25, -0.2) is 10.4 Å². The summed E-state index contributed by atoms with van der Waals surface area (Å²) >= 11 is 0. The molecule has 4 rings (SSSR count). The lowest BCUT2D eigenvalue weighted by atomic mass is 10.0. The molecule has 7 nitrogen and oxygen atoms in total. The van der Waals surface area contributed by atoms with Crippen LogP contribution in [-0.2, 0) is 0 Å². The van der Waals surface area contributed by atoms with E-state index in [0.717, 1.165) is 27.8 Å². The number of nitrogens with zero attached hydrogens (tertiary/aromatic N) is 2. The number of rotatable bonds is 8. The summed E-state index contributed by atoms with van der Waals surface area (Å²) in [7, 11) is 3.14. The molecule has 0 spiro atoms. The van der Waals surface area contributed by atoms with E-state index in [4.69, 9.17) is 19.2 Å². The Morgan fingerprint density at radius 2 is 1.69 bits per heavy atom. The average Bonchev–Trinajstić information content (AvgIpc) is 2.88. The van der Waals surface area contributed by atoms with Crippen LogP contribution in [0.25, 0.3) is 22.2 Å². The minimum atomic E-state index is -0.332. The van der Waals surface area contributed by atoms with Gasteiger partial charge >= 0.3 is 0 Å². The zero-order valence-corrected chi connectivity index (χ0v) is 20.1. The van der Waals surface area contributed by atoms with Crippen LogP contribution in [0.2, 0.25) is 0 Å². The lowest BCUT2D eigenvalue weighted by Gasteiger charge is -2.11. The second-order valence-electron chi connectivity index (χ2n) is 8.08. The molecule has 0 saturated heterocycles. The van der Waals surface area contributed by atoms with Crippen molar-refractivity contribution in [2.75, 3.05) is 14.2 Å². The van der Waals surface area contributed by atoms with Crippen molar-refractivity contribution in [1.82, 2.24) is 10.4 Å². The largest absolute Gasteiger partial charge is 0.493 e. The standard InChI is InChI=1S/C28H27N3O4/c1-18(2)35-21-12-10-20(11-13-21)25-16-23(22-7-5-6-8-24(22)30-25)28(32)31-29-17-19-9-14-26(33-3)27(15-19)34-4/h5-18H,1-4H3,(H,31,32). The monoisotopic (exact) mass is 469 g/mol. The van der Waals surface area contributed by atoms with Crippen LogP contribution in [-0.4, -0.2) is 37.4 Å². The number of ether oxygens (including phenoxy) is 3. The van der Waals surface area contributed by atoms with Crippen molar-refractivity contribution in [2.24, 2.45) is 5.10 Å². The van der Waals surface area contributed by atoms with Gasteiger partial charge < -0.3 is 14.2 Å². The van der Waals surface area contributed by atoms with Crippen LogP contribution < -0.4 is 19.6 Å². The van der Waals surface area contributed by atoms with Gasteiger partial charge in [-0.2, -0.15) is 5.10 Å². The van der Waals surface area contributed by atoms with E-state index in [1.165, 1.54) is 0 Å². The fraction of sp³-hybridized carbons (Fsp3) is 0.179. The molecule has 4 aromatic rings. The number of benzene rings is 3. The number of carbonyl (C=O) groups excluding carboxylic acids is 1. The van der Waals surface area contributed by atoms with Gasteiger partial charge in [-0.1, -0.05) is 18.2 Å². The number of aromatic nitrogens is 1. The maximum Gasteiger partial charge on any atom is 0.272 e. The zero-order valence-electron chi connectivity index (χ0n) is 20.1. The number of carbonyl (C=O) groups is 1. The smallest absolute Gasteiger partial charge is 0.272 e. The Bertz CT molecular complexity index is 1360. The van der Waals surface area contributed by atoms with Gasteiger partial charge in [-0.05, 0) is 74.0 Å². The van der Waals surface area contributed by atoms with E-state index in [9.17, 15) is 4.79 Å². The Balaban J connectivity index is 1.60.